The summed E-state index contributed by atoms with van der Waals surface area (Å²) in [5.74, 6) is -0.329. The molecule has 0 saturated carbocycles. The molecule has 0 unspecified atom stereocenters. The molecule has 2 amide bonds. The second kappa shape index (κ2) is 10.3. The fourth-order valence-corrected chi connectivity index (χ4v) is 4.28. The van der Waals surface area contributed by atoms with Crippen molar-refractivity contribution in [2.24, 2.45) is 5.92 Å². The van der Waals surface area contributed by atoms with Gasteiger partial charge < -0.3 is 9.80 Å². The Hall–Kier alpha value is -2.41. The molecule has 0 radical (unpaired) electrons. The Morgan fingerprint density at radius 1 is 1.23 bits per heavy atom. The maximum absolute atomic E-state index is 13.1. The number of hydrogen-bond acceptors (Lipinski definition) is 3. The van der Waals surface area contributed by atoms with Crippen LogP contribution in [0.3, 0.4) is 0 Å². The molecule has 0 aliphatic carbocycles. The van der Waals surface area contributed by atoms with E-state index in [9.17, 15) is 14.0 Å². The van der Waals surface area contributed by atoms with Crippen LogP contribution in [-0.2, 0) is 11.3 Å². The zero-order valence-corrected chi connectivity index (χ0v) is 19.2. The predicted octanol–water partition coefficient (Wildman–Crippen LogP) is 4.14. The van der Waals surface area contributed by atoms with Crippen LogP contribution in [0.1, 0.15) is 54.2 Å². The third kappa shape index (κ3) is 5.45. The van der Waals surface area contributed by atoms with Crippen molar-refractivity contribution in [2.75, 3.05) is 26.7 Å². The summed E-state index contributed by atoms with van der Waals surface area (Å²) in [6.07, 6.45) is 3.36. The number of hydrogen-bond donors (Lipinski definition) is 0. The van der Waals surface area contributed by atoms with Gasteiger partial charge in [-0.25, -0.2) is 9.07 Å². The molecule has 31 heavy (non-hydrogen) atoms. The van der Waals surface area contributed by atoms with Gasteiger partial charge in [-0.2, -0.15) is 5.10 Å². The number of piperidine rings is 1. The standard InChI is InChI=1S/C23H30ClFN4O2/c1-4-5-12-27(3)22(30)18-10-13-28(14-11-18)23(31)20-16(2)26-29(21(20)24)15-17-6-8-19(25)9-7-17/h6-9,18H,4-5,10-15H2,1-3H3. The van der Waals surface area contributed by atoms with E-state index in [1.165, 1.54) is 12.1 Å². The van der Waals surface area contributed by atoms with E-state index in [4.69, 9.17) is 11.6 Å². The zero-order chi connectivity index (χ0) is 22.5. The normalized spacial score (nSPS) is 14.7. The molecule has 0 spiro atoms. The van der Waals surface area contributed by atoms with E-state index in [2.05, 4.69) is 12.0 Å². The number of aryl methyl sites for hydroxylation is 1. The first kappa shape index (κ1) is 23.3. The molecule has 1 aromatic heterocycles. The molecule has 0 bridgehead atoms. The van der Waals surface area contributed by atoms with Crippen molar-refractivity contribution >= 4 is 23.4 Å². The molecule has 1 fully saturated rings. The van der Waals surface area contributed by atoms with Crippen molar-refractivity contribution in [3.05, 3.63) is 52.1 Å². The zero-order valence-electron chi connectivity index (χ0n) is 18.4. The highest BCUT2D eigenvalue weighted by Gasteiger charge is 2.31. The number of rotatable bonds is 7. The van der Waals surface area contributed by atoms with Crippen LogP contribution in [0.4, 0.5) is 4.39 Å². The second-order valence-corrected chi connectivity index (χ2v) is 8.57. The Bertz CT molecular complexity index is 920. The van der Waals surface area contributed by atoms with Gasteiger partial charge in [0.2, 0.25) is 5.91 Å². The van der Waals surface area contributed by atoms with Gasteiger partial charge in [0.25, 0.3) is 5.91 Å². The summed E-state index contributed by atoms with van der Waals surface area (Å²) in [5.41, 5.74) is 1.81. The van der Waals surface area contributed by atoms with Gasteiger partial charge in [-0.3, -0.25) is 9.59 Å². The molecular formula is C23H30ClFN4O2. The van der Waals surface area contributed by atoms with Crippen LogP contribution in [-0.4, -0.2) is 58.1 Å². The van der Waals surface area contributed by atoms with Crippen molar-refractivity contribution in [2.45, 2.75) is 46.1 Å². The van der Waals surface area contributed by atoms with Crippen LogP contribution >= 0.6 is 11.6 Å². The summed E-state index contributed by atoms with van der Waals surface area (Å²) in [6.45, 7) is 6.05. The topological polar surface area (TPSA) is 58.4 Å². The number of likely N-dealkylation sites (tertiary alicyclic amines) is 1. The maximum atomic E-state index is 13.1. The van der Waals surface area contributed by atoms with Crippen molar-refractivity contribution in [3.8, 4) is 0 Å². The summed E-state index contributed by atoms with van der Waals surface area (Å²) in [6, 6.07) is 6.11. The molecule has 168 valence electrons. The van der Waals surface area contributed by atoms with Crippen molar-refractivity contribution < 1.29 is 14.0 Å². The lowest BCUT2D eigenvalue weighted by Gasteiger charge is -2.33. The second-order valence-electron chi connectivity index (χ2n) is 8.22. The van der Waals surface area contributed by atoms with Gasteiger partial charge in [0.15, 0.2) is 0 Å². The first-order valence-electron chi connectivity index (χ1n) is 10.8. The van der Waals surface area contributed by atoms with Crippen LogP contribution in [0.25, 0.3) is 0 Å². The first-order chi connectivity index (χ1) is 14.8. The monoisotopic (exact) mass is 448 g/mol. The molecule has 0 N–H and O–H groups in total. The molecule has 3 rings (SSSR count). The van der Waals surface area contributed by atoms with E-state index in [1.54, 1.807) is 28.6 Å². The smallest absolute Gasteiger partial charge is 0.258 e. The Morgan fingerprint density at radius 3 is 2.48 bits per heavy atom. The minimum Gasteiger partial charge on any atom is -0.346 e. The Balaban J connectivity index is 1.64. The van der Waals surface area contributed by atoms with Gasteiger partial charge in [-0.05, 0) is 43.9 Å². The number of nitrogens with zero attached hydrogens (tertiary/aromatic N) is 4. The highest BCUT2D eigenvalue weighted by Crippen LogP contribution is 2.26. The lowest BCUT2D eigenvalue weighted by atomic mass is 9.95. The Labute approximate surface area is 188 Å². The fraction of sp³-hybridized carbons (Fsp3) is 0.522. The number of carbonyl (C=O) groups is 2. The molecule has 1 aliphatic heterocycles. The predicted molar refractivity (Wildman–Crippen MR) is 119 cm³/mol. The molecule has 6 nitrogen and oxygen atoms in total. The van der Waals surface area contributed by atoms with Gasteiger partial charge in [-0.1, -0.05) is 37.1 Å². The van der Waals surface area contributed by atoms with Gasteiger partial charge in [0.05, 0.1) is 17.8 Å². The number of amides is 2. The lowest BCUT2D eigenvalue weighted by molar-refractivity contribution is -0.135. The fourth-order valence-electron chi connectivity index (χ4n) is 3.97. The van der Waals surface area contributed by atoms with Crippen molar-refractivity contribution in [3.63, 3.8) is 0 Å². The summed E-state index contributed by atoms with van der Waals surface area (Å²) in [5, 5.41) is 4.70. The average Bonchev–Trinajstić information content (AvgIpc) is 3.05. The molecule has 8 heteroatoms. The lowest BCUT2D eigenvalue weighted by Crippen LogP contribution is -2.43. The van der Waals surface area contributed by atoms with E-state index >= 15 is 0 Å². The van der Waals surface area contributed by atoms with Crippen LogP contribution in [0.5, 0.6) is 0 Å². The van der Waals surface area contributed by atoms with Crippen LogP contribution in [0.2, 0.25) is 5.15 Å². The van der Waals surface area contributed by atoms with Crippen LogP contribution in [0.15, 0.2) is 24.3 Å². The number of benzene rings is 1. The molecular weight excluding hydrogens is 419 g/mol. The summed E-state index contributed by atoms with van der Waals surface area (Å²) < 4.78 is 14.7. The minimum absolute atomic E-state index is 0.0383. The third-order valence-electron chi connectivity index (χ3n) is 5.88. The molecule has 1 aliphatic rings. The minimum atomic E-state index is -0.305. The number of carbonyl (C=O) groups excluding carboxylic acids is 2. The summed E-state index contributed by atoms with van der Waals surface area (Å²) in [4.78, 5) is 29.3. The van der Waals surface area contributed by atoms with Gasteiger partial charge in [0, 0.05) is 32.6 Å². The largest absolute Gasteiger partial charge is 0.346 e. The molecule has 1 aromatic carbocycles. The van der Waals surface area contributed by atoms with E-state index in [-0.39, 0.29) is 28.7 Å². The average molecular weight is 449 g/mol. The first-order valence-corrected chi connectivity index (χ1v) is 11.2. The quantitative estimate of drug-likeness (QED) is 0.639. The van der Waals surface area contributed by atoms with Crippen molar-refractivity contribution in [1.82, 2.24) is 19.6 Å². The van der Waals surface area contributed by atoms with Crippen molar-refractivity contribution in [1.29, 1.82) is 0 Å². The molecule has 2 aromatic rings. The summed E-state index contributed by atoms with van der Waals surface area (Å²) >= 11 is 6.51. The Morgan fingerprint density at radius 2 is 1.87 bits per heavy atom. The van der Waals surface area contributed by atoms with Gasteiger partial charge >= 0.3 is 0 Å². The summed E-state index contributed by atoms with van der Waals surface area (Å²) in [7, 11) is 1.86. The van der Waals surface area contributed by atoms with Crippen LogP contribution in [0, 0.1) is 18.7 Å². The Kier molecular flexibility index (Phi) is 7.70. The highest BCUT2D eigenvalue weighted by molar-refractivity contribution is 6.33. The van der Waals surface area contributed by atoms with E-state index in [0.29, 0.717) is 43.7 Å². The van der Waals surface area contributed by atoms with Crippen LogP contribution < -0.4 is 0 Å². The number of unbranched alkanes of at least 4 members (excludes halogenated alkanes) is 1. The number of halogens is 2. The molecule has 0 atom stereocenters. The number of aromatic nitrogens is 2. The van der Waals surface area contributed by atoms with E-state index < -0.39 is 0 Å². The van der Waals surface area contributed by atoms with E-state index in [0.717, 1.165) is 24.9 Å². The third-order valence-corrected chi connectivity index (χ3v) is 6.26. The van der Waals surface area contributed by atoms with E-state index in [1.807, 2.05) is 11.9 Å². The maximum Gasteiger partial charge on any atom is 0.258 e. The highest BCUT2D eigenvalue weighted by atomic mass is 35.5. The SMILES string of the molecule is CCCCN(C)C(=O)C1CCN(C(=O)c2c(C)nn(Cc3ccc(F)cc3)c2Cl)CC1. The van der Waals surface area contributed by atoms with Gasteiger partial charge in [0.1, 0.15) is 11.0 Å². The molecule has 1 saturated heterocycles. The molecule has 2 heterocycles. The van der Waals surface area contributed by atoms with Gasteiger partial charge in [-0.15, -0.1) is 0 Å².